The average Bonchev–Trinajstić information content (AvgIpc) is 2.75. The molecule has 23 heavy (non-hydrogen) atoms. The Morgan fingerprint density at radius 1 is 0.696 bits per heavy atom. The maximum absolute atomic E-state index is 4.58. The summed E-state index contributed by atoms with van der Waals surface area (Å²) in [6.07, 6.45) is 6.79. The zero-order chi connectivity index (χ0) is 18.7. The first kappa shape index (κ1) is 23.4. The van der Waals surface area contributed by atoms with Gasteiger partial charge in [0, 0.05) is 11.1 Å². The number of nitrogens with zero attached hydrogens (tertiary/aromatic N) is 2. The molecular formula is C19H37AuClN2-. The van der Waals surface area contributed by atoms with Crippen LogP contribution in [0.3, 0.4) is 0 Å². The molecule has 0 unspecified atom stereocenters. The Morgan fingerprint density at radius 3 is 1.17 bits per heavy atom. The predicted octanol–water partition coefficient (Wildman–Crippen LogP) is 6.31. The Bertz CT molecular complexity index is 353. The van der Waals surface area contributed by atoms with E-state index >= 15 is 0 Å². The summed E-state index contributed by atoms with van der Waals surface area (Å²) in [5, 5.41) is 0. The van der Waals surface area contributed by atoms with E-state index in [4.69, 9.17) is 0 Å². The third-order valence-electron chi connectivity index (χ3n) is 3.96. The van der Waals surface area contributed by atoms with Crippen molar-refractivity contribution in [3.63, 3.8) is 0 Å². The Morgan fingerprint density at radius 2 is 0.957 bits per heavy atom. The summed E-state index contributed by atoms with van der Waals surface area (Å²) in [7, 11) is 4.58. The monoisotopic (exact) mass is 525 g/mol. The van der Waals surface area contributed by atoms with Gasteiger partial charge in [-0.3, -0.25) is 0 Å². The van der Waals surface area contributed by atoms with E-state index < -0.39 is 0 Å². The number of hydrogen-bond donors (Lipinski definition) is 0. The molecule has 0 aromatic carbocycles. The fourth-order valence-electron chi connectivity index (χ4n) is 3.85. The van der Waals surface area contributed by atoms with E-state index in [0.29, 0.717) is 10.8 Å². The van der Waals surface area contributed by atoms with Gasteiger partial charge in [-0.1, -0.05) is 41.5 Å². The Balaban J connectivity index is 0.00000232. The molecule has 0 fully saturated rings. The zero-order valence-corrected chi connectivity index (χ0v) is 19.6. The molecule has 0 saturated heterocycles. The van der Waals surface area contributed by atoms with Crippen molar-refractivity contribution < 1.29 is 20.0 Å². The standard InChI is InChI=1S/C19H37N2.Au.ClH/c1-16(2,3)13-18(7,8)20-11-12-21(15-20)19(9,10)14-17(4,5)6;;/h11-12,15H,13-14H2,1-10H3;;1H/q-1;+1;/p-1. The first-order chi connectivity index (χ1) is 10.1. The van der Waals surface area contributed by atoms with Crippen LogP contribution < -0.4 is 0 Å². The van der Waals surface area contributed by atoms with E-state index in [1.807, 2.05) is 0 Å². The molecule has 1 heterocycles. The van der Waals surface area contributed by atoms with Crippen LogP contribution in [-0.4, -0.2) is 20.9 Å². The van der Waals surface area contributed by atoms with Gasteiger partial charge in [0.05, 0.1) is 0 Å². The molecule has 0 aliphatic carbocycles. The van der Waals surface area contributed by atoms with Gasteiger partial charge in [0.2, 0.25) is 0 Å². The topological polar surface area (TPSA) is 6.48 Å². The molecule has 0 aromatic rings. The summed E-state index contributed by atoms with van der Waals surface area (Å²) in [5.74, 6) is 0. The summed E-state index contributed by atoms with van der Waals surface area (Å²) < 4.78 is 0. The fraction of sp³-hybridized carbons (Fsp3) is 0.842. The molecule has 0 aromatic heterocycles. The molecule has 0 bridgehead atoms. The quantitative estimate of drug-likeness (QED) is 0.313. The summed E-state index contributed by atoms with van der Waals surface area (Å²) >= 11 is 1.75. The number of hydrogen-bond acceptors (Lipinski definition) is 2. The average molecular weight is 526 g/mol. The van der Waals surface area contributed by atoms with Gasteiger partial charge < -0.3 is 9.80 Å². The Labute approximate surface area is 161 Å². The molecule has 0 spiro atoms. The van der Waals surface area contributed by atoms with Gasteiger partial charge >= 0.3 is 29.2 Å². The predicted molar refractivity (Wildman–Crippen MR) is 99.3 cm³/mol. The van der Waals surface area contributed by atoms with E-state index in [1.165, 1.54) is 0 Å². The van der Waals surface area contributed by atoms with Crippen LogP contribution in [0.4, 0.5) is 0 Å². The normalized spacial score (nSPS) is 16.6. The molecular weight excluding hydrogens is 489 g/mol. The van der Waals surface area contributed by atoms with Crippen molar-refractivity contribution in [1.82, 2.24) is 9.80 Å². The molecule has 2 nitrogen and oxygen atoms in total. The zero-order valence-electron chi connectivity index (χ0n) is 16.7. The van der Waals surface area contributed by atoms with E-state index in [0.717, 1.165) is 12.8 Å². The van der Waals surface area contributed by atoms with Crippen LogP contribution in [-0.2, 0) is 20.0 Å². The first-order valence-electron chi connectivity index (χ1n) is 8.34. The second kappa shape index (κ2) is 8.17. The molecule has 0 atom stereocenters. The summed E-state index contributed by atoms with van der Waals surface area (Å²) in [6.45, 7) is 25.5. The van der Waals surface area contributed by atoms with Crippen molar-refractivity contribution in [3.8, 4) is 0 Å². The van der Waals surface area contributed by atoms with Crippen molar-refractivity contribution in [2.24, 2.45) is 10.8 Å². The Kier molecular flexibility index (Phi) is 8.30. The van der Waals surface area contributed by atoms with E-state index in [9.17, 15) is 0 Å². The minimum atomic E-state index is 0.140. The fourth-order valence-corrected chi connectivity index (χ4v) is 3.85. The van der Waals surface area contributed by atoms with Crippen molar-refractivity contribution in [1.29, 1.82) is 0 Å². The van der Waals surface area contributed by atoms with E-state index in [-0.39, 0.29) is 11.1 Å². The molecule has 0 N–H and O–H groups in total. The van der Waals surface area contributed by atoms with Crippen molar-refractivity contribution in [3.05, 3.63) is 19.1 Å². The molecule has 0 amide bonds. The van der Waals surface area contributed by atoms with Gasteiger partial charge in [0.1, 0.15) is 0 Å². The van der Waals surface area contributed by atoms with Gasteiger partial charge in [0.25, 0.3) is 0 Å². The molecule has 1 aliphatic rings. The molecule has 0 saturated carbocycles. The van der Waals surface area contributed by atoms with Crippen LogP contribution in [0.1, 0.15) is 82.1 Å². The van der Waals surface area contributed by atoms with E-state index in [2.05, 4.69) is 107 Å². The first-order valence-corrected chi connectivity index (χ1v) is 11.0. The van der Waals surface area contributed by atoms with Crippen LogP contribution >= 0.6 is 9.19 Å². The van der Waals surface area contributed by atoms with Gasteiger partial charge in [0.15, 0.2) is 0 Å². The van der Waals surface area contributed by atoms with Crippen molar-refractivity contribution in [2.45, 2.75) is 93.2 Å². The number of halogens is 1. The van der Waals surface area contributed by atoms with Gasteiger partial charge in [-0.25, -0.2) is 0 Å². The second-order valence-electron chi connectivity index (χ2n) is 10.3. The third-order valence-corrected chi connectivity index (χ3v) is 3.96. The summed E-state index contributed by atoms with van der Waals surface area (Å²) in [5.41, 5.74) is 0.946. The van der Waals surface area contributed by atoms with Crippen LogP contribution in [0.2, 0.25) is 0 Å². The van der Waals surface area contributed by atoms with Crippen LogP contribution in [0.25, 0.3) is 0 Å². The van der Waals surface area contributed by atoms with Crippen molar-refractivity contribution >= 4 is 9.19 Å². The summed E-state index contributed by atoms with van der Waals surface area (Å²) in [4.78, 5) is 4.76. The summed E-state index contributed by atoms with van der Waals surface area (Å²) in [6, 6.07) is 0. The van der Waals surface area contributed by atoms with Crippen LogP contribution in [0.15, 0.2) is 12.4 Å². The van der Waals surface area contributed by atoms with Gasteiger partial charge in [-0.05, 0) is 63.8 Å². The molecule has 1 aliphatic heterocycles. The second-order valence-corrected chi connectivity index (χ2v) is 10.3. The number of rotatable bonds is 4. The van der Waals surface area contributed by atoms with Gasteiger partial charge in [-0.15, -0.1) is 0 Å². The minimum absolute atomic E-state index is 0.140. The molecule has 142 valence electrons. The Hall–Kier alpha value is 0.370. The molecule has 1 rings (SSSR count). The van der Waals surface area contributed by atoms with Crippen LogP contribution in [0.5, 0.6) is 0 Å². The molecule has 0 radical (unpaired) electrons. The molecule has 4 heteroatoms. The SMILES string of the molecule is CC(C)(C)CC(C)(C)N1C=CN(C(C)(C)CC(C)(C)C)[CH-]1.[Cl][Au]. The van der Waals surface area contributed by atoms with Crippen molar-refractivity contribution in [2.75, 3.05) is 0 Å². The van der Waals surface area contributed by atoms with Crippen LogP contribution in [0, 0.1) is 17.5 Å². The maximum atomic E-state index is 4.58. The third kappa shape index (κ3) is 8.34. The van der Waals surface area contributed by atoms with E-state index in [1.54, 1.807) is 20.0 Å². The van der Waals surface area contributed by atoms with Gasteiger partial charge in [-0.2, -0.15) is 6.67 Å².